The molecule has 0 bridgehead atoms. The number of thioether (sulfide) groups is 1. The van der Waals surface area contributed by atoms with Crippen LogP contribution in [0.3, 0.4) is 0 Å². The largest absolute Gasteiger partial charge is 0.364 e. The Bertz CT molecular complexity index is 483. The fraction of sp³-hybridized carbons (Fsp3) is 0.429. The first kappa shape index (κ1) is 13.0. The van der Waals surface area contributed by atoms with Crippen LogP contribution >= 0.6 is 11.8 Å². The number of amidine groups is 1. The molecular weight excluding hydrogens is 242 g/mol. The van der Waals surface area contributed by atoms with Gasteiger partial charge >= 0.3 is 0 Å². The van der Waals surface area contributed by atoms with Gasteiger partial charge in [-0.15, -0.1) is 0 Å². The zero-order valence-corrected chi connectivity index (χ0v) is 11.5. The van der Waals surface area contributed by atoms with Crippen LogP contribution in [0.15, 0.2) is 29.3 Å². The van der Waals surface area contributed by atoms with Gasteiger partial charge in [0.25, 0.3) is 0 Å². The lowest BCUT2D eigenvalue weighted by Gasteiger charge is -2.28. The molecule has 0 atom stereocenters. The minimum Gasteiger partial charge on any atom is -0.364 e. The summed E-state index contributed by atoms with van der Waals surface area (Å²) in [6, 6.07) is 9.84. The molecule has 0 radical (unpaired) electrons. The number of benzene rings is 1. The van der Waals surface area contributed by atoms with Crippen LogP contribution in [0.1, 0.15) is 25.0 Å². The highest BCUT2D eigenvalue weighted by atomic mass is 32.2. The average Bonchev–Trinajstić information content (AvgIpc) is 2.38. The van der Waals surface area contributed by atoms with Crippen LogP contribution in [0.5, 0.6) is 0 Å². The van der Waals surface area contributed by atoms with E-state index in [1.54, 1.807) is 11.8 Å². The number of nitrogens with one attached hydrogen (secondary N) is 1. The molecule has 0 aromatic heterocycles. The van der Waals surface area contributed by atoms with Crippen LogP contribution in [-0.2, 0) is 5.75 Å². The Labute approximate surface area is 112 Å². The van der Waals surface area contributed by atoms with Crippen LogP contribution in [-0.4, -0.2) is 18.3 Å². The van der Waals surface area contributed by atoms with Crippen molar-refractivity contribution in [1.82, 2.24) is 5.32 Å². The standard InChI is InChI=1S/C14H17N3S/c1-14(2)9-16-13(17-10-14)18-8-12-5-3-11(7-15)4-6-12/h3-6H,8-10H2,1-2H3,(H,16,17). The Morgan fingerprint density at radius 2 is 2.11 bits per heavy atom. The number of hydrogen-bond donors (Lipinski definition) is 1. The first-order valence-corrected chi connectivity index (χ1v) is 6.98. The summed E-state index contributed by atoms with van der Waals surface area (Å²) in [5.41, 5.74) is 2.19. The van der Waals surface area contributed by atoms with Gasteiger partial charge in [0.1, 0.15) is 0 Å². The van der Waals surface area contributed by atoms with E-state index in [4.69, 9.17) is 5.26 Å². The summed E-state index contributed by atoms with van der Waals surface area (Å²) < 4.78 is 0. The fourth-order valence-electron chi connectivity index (χ4n) is 1.64. The van der Waals surface area contributed by atoms with E-state index in [2.05, 4.69) is 30.2 Å². The van der Waals surface area contributed by atoms with Gasteiger partial charge in [0.05, 0.1) is 11.6 Å². The Morgan fingerprint density at radius 1 is 1.39 bits per heavy atom. The Kier molecular flexibility index (Phi) is 3.93. The first-order chi connectivity index (χ1) is 8.59. The quantitative estimate of drug-likeness (QED) is 0.888. The van der Waals surface area contributed by atoms with Crippen molar-refractivity contribution in [1.29, 1.82) is 5.26 Å². The zero-order chi connectivity index (χ0) is 13.0. The van der Waals surface area contributed by atoms with Crippen LogP contribution in [0.25, 0.3) is 0 Å². The topological polar surface area (TPSA) is 48.2 Å². The van der Waals surface area contributed by atoms with Crippen molar-refractivity contribution in [2.45, 2.75) is 19.6 Å². The molecule has 0 unspecified atom stereocenters. The summed E-state index contributed by atoms with van der Waals surface area (Å²) >= 11 is 1.72. The van der Waals surface area contributed by atoms with E-state index in [-0.39, 0.29) is 5.41 Å². The van der Waals surface area contributed by atoms with Gasteiger partial charge in [-0.05, 0) is 17.7 Å². The molecule has 4 heteroatoms. The van der Waals surface area contributed by atoms with Crippen molar-refractivity contribution in [3.63, 3.8) is 0 Å². The number of aliphatic imine (C=N–C) groups is 1. The van der Waals surface area contributed by atoms with Crippen molar-refractivity contribution >= 4 is 16.9 Å². The second kappa shape index (κ2) is 5.45. The van der Waals surface area contributed by atoms with Gasteiger partial charge in [0.15, 0.2) is 5.17 Å². The maximum absolute atomic E-state index is 8.73. The van der Waals surface area contributed by atoms with Gasteiger partial charge in [-0.25, -0.2) is 0 Å². The molecule has 0 saturated heterocycles. The van der Waals surface area contributed by atoms with Gasteiger partial charge in [-0.3, -0.25) is 4.99 Å². The number of hydrogen-bond acceptors (Lipinski definition) is 4. The highest BCUT2D eigenvalue weighted by Crippen LogP contribution is 2.21. The van der Waals surface area contributed by atoms with Crippen molar-refractivity contribution in [3.8, 4) is 6.07 Å². The van der Waals surface area contributed by atoms with Crippen LogP contribution < -0.4 is 5.32 Å². The van der Waals surface area contributed by atoms with Crippen molar-refractivity contribution in [3.05, 3.63) is 35.4 Å². The van der Waals surface area contributed by atoms with E-state index >= 15 is 0 Å². The van der Waals surface area contributed by atoms with Crippen molar-refractivity contribution in [2.75, 3.05) is 13.1 Å². The molecule has 3 nitrogen and oxygen atoms in total. The number of nitrogens with zero attached hydrogens (tertiary/aromatic N) is 2. The van der Waals surface area contributed by atoms with Gasteiger partial charge in [-0.2, -0.15) is 5.26 Å². The molecule has 1 heterocycles. The maximum Gasteiger partial charge on any atom is 0.156 e. The molecule has 0 amide bonds. The van der Waals surface area contributed by atoms with Crippen LogP contribution in [0, 0.1) is 16.7 Å². The molecule has 1 aromatic carbocycles. The van der Waals surface area contributed by atoms with Crippen molar-refractivity contribution < 1.29 is 0 Å². The molecule has 0 spiro atoms. The Morgan fingerprint density at radius 3 is 2.67 bits per heavy atom. The third-order valence-electron chi connectivity index (χ3n) is 2.83. The summed E-state index contributed by atoms with van der Waals surface area (Å²) in [5, 5.41) is 13.1. The second-order valence-electron chi connectivity index (χ2n) is 5.24. The molecule has 0 saturated carbocycles. The summed E-state index contributed by atoms with van der Waals surface area (Å²) in [7, 11) is 0. The van der Waals surface area contributed by atoms with E-state index in [1.165, 1.54) is 5.56 Å². The predicted octanol–water partition coefficient (Wildman–Crippen LogP) is 2.78. The summed E-state index contributed by atoms with van der Waals surface area (Å²) in [6.45, 7) is 6.29. The lowest BCUT2D eigenvalue weighted by Crippen LogP contribution is -2.39. The molecule has 1 aliphatic heterocycles. The lowest BCUT2D eigenvalue weighted by molar-refractivity contribution is 0.364. The normalized spacial score (nSPS) is 17.5. The Hall–Kier alpha value is -1.47. The third kappa shape index (κ3) is 3.51. The van der Waals surface area contributed by atoms with E-state index in [1.807, 2.05) is 24.3 Å². The summed E-state index contributed by atoms with van der Waals surface area (Å²) in [4.78, 5) is 4.55. The number of rotatable bonds is 2. The van der Waals surface area contributed by atoms with Crippen LogP contribution in [0.4, 0.5) is 0 Å². The van der Waals surface area contributed by atoms with E-state index < -0.39 is 0 Å². The summed E-state index contributed by atoms with van der Waals surface area (Å²) in [5.74, 6) is 0.887. The molecule has 1 aliphatic rings. The molecule has 2 rings (SSSR count). The molecular formula is C14H17N3S. The van der Waals surface area contributed by atoms with Gasteiger partial charge in [-0.1, -0.05) is 37.7 Å². The monoisotopic (exact) mass is 259 g/mol. The minimum absolute atomic E-state index is 0.262. The molecule has 0 fully saturated rings. The third-order valence-corrected chi connectivity index (χ3v) is 3.85. The molecule has 0 aliphatic carbocycles. The van der Waals surface area contributed by atoms with Crippen LogP contribution in [0.2, 0.25) is 0 Å². The molecule has 1 aromatic rings. The molecule has 94 valence electrons. The first-order valence-electron chi connectivity index (χ1n) is 5.99. The molecule has 1 N–H and O–H groups in total. The molecule has 18 heavy (non-hydrogen) atoms. The fourth-order valence-corrected chi connectivity index (χ4v) is 2.46. The highest BCUT2D eigenvalue weighted by Gasteiger charge is 2.22. The minimum atomic E-state index is 0.262. The van der Waals surface area contributed by atoms with E-state index in [9.17, 15) is 0 Å². The Balaban J connectivity index is 1.88. The average molecular weight is 259 g/mol. The van der Waals surface area contributed by atoms with Gasteiger partial charge < -0.3 is 5.32 Å². The zero-order valence-electron chi connectivity index (χ0n) is 10.7. The van der Waals surface area contributed by atoms with E-state index in [0.717, 1.165) is 24.0 Å². The number of nitriles is 1. The van der Waals surface area contributed by atoms with E-state index in [0.29, 0.717) is 5.56 Å². The SMILES string of the molecule is CC1(C)CN=C(SCc2ccc(C#N)cc2)NC1. The lowest BCUT2D eigenvalue weighted by atomic mass is 9.93. The van der Waals surface area contributed by atoms with Crippen molar-refractivity contribution in [2.24, 2.45) is 10.4 Å². The maximum atomic E-state index is 8.73. The van der Waals surface area contributed by atoms with Gasteiger partial charge in [0, 0.05) is 24.3 Å². The van der Waals surface area contributed by atoms with Gasteiger partial charge in [0.2, 0.25) is 0 Å². The summed E-state index contributed by atoms with van der Waals surface area (Å²) in [6.07, 6.45) is 0. The second-order valence-corrected chi connectivity index (χ2v) is 6.20. The predicted molar refractivity (Wildman–Crippen MR) is 76.5 cm³/mol. The highest BCUT2D eigenvalue weighted by molar-refractivity contribution is 8.13. The smallest absolute Gasteiger partial charge is 0.156 e.